The van der Waals surface area contributed by atoms with E-state index in [1.807, 2.05) is 0 Å². The van der Waals surface area contributed by atoms with Crippen molar-refractivity contribution in [2.75, 3.05) is 6.54 Å². The molecular weight excluding hydrogens is 246 g/mol. The van der Waals surface area contributed by atoms with Crippen LogP contribution in [0.3, 0.4) is 0 Å². The lowest BCUT2D eigenvalue weighted by Gasteiger charge is -2.29. The van der Waals surface area contributed by atoms with Crippen molar-refractivity contribution in [3.05, 3.63) is 30.1 Å². The SMILES string of the molecule is CCn1c(CC2(C3CC3)CCCN2)nc2ccccc21. The number of fused-ring (bicyclic) bond motifs is 1. The van der Waals surface area contributed by atoms with Crippen molar-refractivity contribution in [1.82, 2.24) is 14.9 Å². The summed E-state index contributed by atoms with van der Waals surface area (Å²) >= 11 is 0. The maximum absolute atomic E-state index is 4.93. The summed E-state index contributed by atoms with van der Waals surface area (Å²) in [5.41, 5.74) is 2.77. The minimum Gasteiger partial charge on any atom is -0.328 e. The van der Waals surface area contributed by atoms with Crippen LogP contribution in [0.5, 0.6) is 0 Å². The lowest BCUT2D eigenvalue weighted by Crippen LogP contribution is -2.44. The van der Waals surface area contributed by atoms with Crippen LogP contribution in [0.1, 0.15) is 38.4 Å². The second-order valence-electron chi connectivity index (χ2n) is 6.40. The first-order valence-electron chi connectivity index (χ1n) is 8.01. The fourth-order valence-corrected chi connectivity index (χ4v) is 4.00. The molecule has 20 heavy (non-hydrogen) atoms. The Morgan fingerprint density at radius 3 is 2.90 bits per heavy atom. The van der Waals surface area contributed by atoms with Gasteiger partial charge in [-0.1, -0.05) is 12.1 Å². The third-order valence-corrected chi connectivity index (χ3v) is 5.16. The molecule has 1 atom stereocenters. The van der Waals surface area contributed by atoms with Gasteiger partial charge in [0.05, 0.1) is 11.0 Å². The van der Waals surface area contributed by atoms with Crippen LogP contribution >= 0.6 is 0 Å². The molecule has 0 bridgehead atoms. The number of para-hydroxylation sites is 2. The zero-order chi connectivity index (χ0) is 13.6. The van der Waals surface area contributed by atoms with Gasteiger partial charge >= 0.3 is 0 Å². The zero-order valence-electron chi connectivity index (χ0n) is 12.2. The van der Waals surface area contributed by atoms with E-state index in [0.29, 0.717) is 5.54 Å². The van der Waals surface area contributed by atoms with E-state index in [4.69, 9.17) is 4.98 Å². The molecule has 2 aromatic rings. The van der Waals surface area contributed by atoms with Crippen LogP contribution in [0.25, 0.3) is 11.0 Å². The summed E-state index contributed by atoms with van der Waals surface area (Å²) in [4.78, 5) is 4.93. The summed E-state index contributed by atoms with van der Waals surface area (Å²) in [5, 5.41) is 3.82. The predicted molar refractivity (Wildman–Crippen MR) is 81.8 cm³/mol. The van der Waals surface area contributed by atoms with Crippen LogP contribution in [-0.4, -0.2) is 21.6 Å². The molecule has 0 amide bonds. The predicted octanol–water partition coefficient (Wildman–Crippen LogP) is 3.13. The number of aryl methyl sites for hydroxylation is 1. The van der Waals surface area contributed by atoms with E-state index < -0.39 is 0 Å². The Balaban J connectivity index is 1.74. The molecule has 1 N–H and O–H groups in total. The van der Waals surface area contributed by atoms with Crippen molar-refractivity contribution in [3.8, 4) is 0 Å². The molecule has 3 nitrogen and oxygen atoms in total. The number of imidazole rings is 1. The van der Waals surface area contributed by atoms with Crippen molar-refractivity contribution in [1.29, 1.82) is 0 Å². The minimum absolute atomic E-state index is 0.342. The Hall–Kier alpha value is -1.35. The van der Waals surface area contributed by atoms with Gasteiger partial charge in [0.2, 0.25) is 0 Å². The summed E-state index contributed by atoms with van der Waals surface area (Å²) in [6.45, 7) is 4.42. The monoisotopic (exact) mass is 269 g/mol. The van der Waals surface area contributed by atoms with E-state index in [0.717, 1.165) is 24.4 Å². The lowest BCUT2D eigenvalue weighted by molar-refractivity contribution is 0.314. The largest absolute Gasteiger partial charge is 0.328 e. The fourth-order valence-electron chi connectivity index (χ4n) is 4.00. The minimum atomic E-state index is 0.342. The Morgan fingerprint density at radius 1 is 1.35 bits per heavy atom. The molecule has 1 aromatic carbocycles. The third kappa shape index (κ3) is 1.87. The standard InChI is InChI=1S/C17H23N3/c1-2-20-15-7-4-3-6-14(15)19-16(20)12-17(13-8-9-13)10-5-11-18-17/h3-4,6-7,13,18H,2,5,8-12H2,1H3. The van der Waals surface area contributed by atoms with Crippen LogP contribution in [0, 0.1) is 5.92 Å². The maximum Gasteiger partial charge on any atom is 0.111 e. The van der Waals surface area contributed by atoms with Gasteiger partial charge in [-0.2, -0.15) is 0 Å². The molecule has 1 aliphatic heterocycles. The van der Waals surface area contributed by atoms with Crippen molar-refractivity contribution < 1.29 is 0 Å². The molecule has 0 spiro atoms. The normalized spacial score (nSPS) is 26.4. The fraction of sp³-hybridized carbons (Fsp3) is 0.588. The number of nitrogens with zero attached hydrogens (tertiary/aromatic N) is 2. The van der Waals surface area contributed by atoms with Gasteiger partial charge in [0, 0.05) is 18.5 Å². The Bertz CT molecular complexity index is 618. The molecule has 4 rings (SSSR count). The van der Waals surface area contributed by atoms with E-state index in [1.165, 1.54) is 43.6 Å². The number of rotatable bonds is 4. The summed E-state index contributed by atoms with van der Waals surface area (Å²) in [7, 11) is 0. The lowest BCUT2D eigenvalue weighted by atomic mass is 9.87. The van der Waals surface area contributed by atoms with Crippen molar-refractivity contribution in [3.63, 3.8) is 0 Å². The topological polar surface area (TPSA) is 29.9 Å². The van der Waals surface area contributed by atoms with Gasteiger partial charge in [0.1, 0.15) is 5.82 Å². The molecule has 1 aliphatic carbocycles. The molecule has 3 heteroatoms. The second kappa shape index (κ2) is 4.59. The van der Waals surface area contributed by atoms with Gasteiger partial charge in [-0.25, -0.2) is 4.98 Å². The van der Waals surface area contributed by atoms with E-state index in [9.17, 15) is 0 Å². The highest BCUT2D eigenvalue weighted by Gasteiger charge is 2.47. The molecule has 1 saturated heterocycles. The Labute approximate surface area is 120 Å². The first-order valence-corrected chi connectivity index (χ1v) is 8.01. The highest BCUT2D eigenvalue weighted by atomic mass is 15.1. The molecule has 1 aromatic heterocycles. The van der Waals surface area contributed by atoms with E-state index in [1.54, 1.807) is 0 Å². The number of aromatic nitrogens is 2. The van der Waals surface area contributed by atoms with Crippen molar-refractivity contribution >= 4 is 11.0 Å². The van der Waals surface area contributed by atoms with Crippen LogP contribution in [0.4, 0.5) is 0 Å². The van der Waals surface area contributed by atoms with Crippen molar-refractivity contribution in [2.24, 2.45) is 5.92 Å². The molecule has 1 saturated carbocycles. The highest BCUT2D eigenvalue weighted by molar-refractivity contribution is 5.75. The second-order valence-corrected chi connectivity index (χ2v) is 6.40. The van der Waals surface area contributed by atoms with Crippen LogP contribution < -0.4 is 5.32 Å². The van der Waals surface area contributed by atoms with E-state index in [-0.39, 0.29) is 0 Å². The van der Waals surface area contributed by atoms with Gasteiger partial charge < -0.3 is 9.88 Å². The van der Waals surface area contributed by atoms with E-state index in [2.05, 4.69) is 41.1 Å². The van der Waals surface area contributed by atoms with Gasteiger partial charge in [0.15, 0.2) is 0 Å². The average molecular weight is 269 g/mol. The third-order valence-electron chi connectivity index (χ3n) is 5.16. The molecule has 2 heterocycles. The summed E-state index contributed by atoms with van der Waals surface area (Å²) in [6.07, 6.45) is 6.55. The molecule has 1 unspecified atom stereocenters. The average Bonchev–Trinajstić information content (AvgIpc) is 3.13. The molecular formula is C17H23N3. The summed E-state index contributed by atoms with van der Waals surface area (Å²) < 4.78 is 2.40. The number of benzene rings is 1. The highest BCUT2D eigenvalue weighted by Crippen LogP contribution is 2.45. The maximum atomic E-state index is 4.93. The van der Waals surface area contributed by atoms with Crippen LogP contribution in [-0.2, 0) is 13.0 Å². The van der Waals surface area contributed by atoms with Gasteiger partial charge in [-0.3, -0.25) is 0 Å². The van der Waals surface area contributed by atoms with Crippen LogP contribution in [0.15, 0.2) is 24.3 Å². The number of nitrogens with one attached hydrogen (secondary N) is 1. The summed E-state index contributed by atoms with van der Waals surface area (Å²) in [5.74, 6) is 2.16. The number of hydrogen-bond acceptors (Lipinski definition) is 2. The molecule has 2 fully saturated rings. The first-order chi connectivity index (χ1) is 9.82. The van der Waals surface area contributed by atoms with E-state index >= 15 is 0 Å². The first kappa shape index (κ1) is 12.4. The van der Waals surface area contributed by atoms with Gasteiger partial charge in [0.25, 0.3) is 0 Å². The van der Waals surface area contributed by atoms with Gasteiger partial charge in [-0.15, -0.1) is 0 Å². The Kier molecular flexibility index (Phi) is 2.84. The quantitative estimate of drug-likeness (QED) is 0.924. The smallest absolute Gasteiger partial charge is 0.111 e. The zero-order valence-corrected chi connectivity index (χ0v) is 12.2. The molecule has 106 valence electrons. The molecule has 2 aliphatic rings. The molecule has 0 radical (unpaired) electrons. The van der Waals surface area contributed by atoms with Gasteiger partial charge in [-0.05, 0) is 57.2 Å². The Morgan fingerprint density at radius 2 is 2.20 bits per heavy atom. The van der Waals surface area contributed by atoms with Crippen molar-refractivity contribution in [2.45, 2.75) is 51.1 Å². The van der Waals surface area contributed by atoms with Crippen LogP contribution in [0.2, 0.25) is 0 Å². The number of hydrogen-bond donors (Lipinski definition) is 1. The summed E-state index contributed by atoms with van der Waals surface area (Å²) in [6, 6.07) is 8.53.